The van der Waals surface area contributed by atoms with Crippen LogP contribution in [0.4, 0.5) is 0 Å². The molecule has 0 radical (unpaired) electrons. The predicted octanol–water partition coefficient (Wildman–Crippen LogP) is 4.08. The van der Waals surface area contributed by atoms with Crippen molar-refractivity contribution in [2.24, 2.45) is 5.92 Å². The van der Waals surface area contributed by atoms with Gasteiger partial charge in [-0.05, 0) is 39.2 Å². The highest BCUT2D eigenvalue weighted by Crippen LogP contribution is 2.29. The first-order valence-electron chi connectivity index (χ1n) is 6.92. The highest BCUT2D eigenvalue weighted by atomic mass is 15.2. The second-order valence-electron chi connectivity index (χ2n) is 5.45. The topological polar surface area (TPSA) is 3.24 Å². The zero-order valence-corrected chi connectivity index (χ0v) is 11.1. The molecule has 3 unspecified atom stereocenters. The summed E-state index contributed by atoms with van der Waals surface area (Å²) in [6.07, 6.45) is 8.44. The smallest absolute Gasteiger partial charge is 0.00959 e. The lowest BCUT2D eigenvalue weighted by Crippen LogP contribution is -2.34. The summed E-state index contributed by atoms with van der Waals surface area (Å²) in [5.74, 6) is 0.899. The summed E-state index contributed by atoms with van der Waals surface area (Å²) < 4.78 is 0. The summed E-state index contributed by atoms with van der Waals surface area (Å²) in [6.45, 7) is 10.8. The van der Waals surface area contributed by atoms with Gasteiger partial charge in [-0.25, -0.2) is 0 Å². The summed E-state index contributed by atoms with van der Waals surface area (Å²) in [6, 6.07) is 1.63. The molecule has 1 nitrogen and oxygen atoms in total. The summed E-state index contributed by atoms with van der Waals surface area (Å²) in [7, 11) is 0. The van der Waals surface area contributed by atoms with Gasteiger partial charge < -0.3 is 0 Å². The molecule has 1 heterocycles. The van der Waals surface area contributed by atoms with Gasteiger partial charge in [0.1, 0.15) is 0 Å². The highest BCUT2D eigenvalue weighted by Gasteiger charge is 2.32. The van der Waals surface area contributed by atoms with E-state index in [4.69, 9.17) is 0 Å². The Balaban J connectivity index is 2.15. The first kappa shape index (κ1) is 13.0. The molecule has 0 saturated carbocycles. The van der Waals surface area contributed by atoms with Crippen molar-refractivity contribution < 1.29 is 0 Å². The van der Waals surface area contributed by atoms with E-state index in [9.17, 15) is 0 Å². The van der Waals surface area contributed by atoms with Crippen LogP contribution in [0.3, 0.4) is 0 Å². The molecule has 0 aliphatic carbocycles. The fraction of sp³-hybridized carbons (Fsp3) is 1.00. The average Bonchev–Trinajstić information content (AvgIpc) is 2.44. The van der Waals surface area contributed by atoms with Crippen LogP contribution in [0.2, 0.25) is 0 Å². The Morgan fingerprint density at radius 1 is 1.00 bits per heavy atom. The molecule has 1 aliphatic rings. The fourth-order valence-electron chi connectivity index (χ4n) is 2.92. The lowest BCUT2D eigenvalue weighted by molar-refractivity contribution is 0.198. The Hall–Kier alpha value is -0.0400. The molecule has 0 bridgehead atoms. The first-order chi connectivity index (χ1) is 7.16. The van der Waals surface area contributed by atoms with Gasteiger partial charge in [-0.1, -0.05) is 39.5 Å². The zero-order chi connectivity index (χ0) is 11.3. The second kappa shape index (κ2) is 6.52. The molecule has 0 N–H and O–H groups in total. The van der Waals surface area contributed by atoms with Crippen LogP contribution in [0.5, 0.6) is 0 Å². The molecule has 1 heteroatoms. The monoisotopic (exact) mass is 211 g/mol. The SMILES string of the molecule is CCCCCCCN1C(C)CC(C)C1C. The third kappa shape index (κ3) is 3.79. The number of unbranched alkanes of at least 4 members (excludes halogenated alkanes) is 4. The van der Waals surface area contributed by atoms with E-state index in [-0.39, 0.29) is 0 Å². The van der Waals surface area contributed by atoms with E-state index in [1.54, 1.807) is 0 Å². The van der Waals surface area contributed by atoms with Crippen LogP contribution in [0, 0.1) is 5.92 Å². The summed E-state index contributed by atoms with van der Waals surface area (Å²) in [4.78, 5) is 2.72. The van der Waals surface area contributed by atoms with Crippen molar-refractivity contribution in [3.8, 4) is 0 Å². The van der Waals surface area contributed by atoms with Crippen molar-refractivity contribution in [3.05, 3.63) is 0 Å². The summed E-state index contributed by atoms with van der Waals surface area (Å²) in [5, 5.41) is 0. The Labute approximate surface area is 96.2 Å². The standard InChI is InChI=1S/C14H29N/c1-5-6-7-8-9-10-15-13(3)11-12(2)14(15)4/h12-14H,5-11H2,1-4H3. The maximum absolute atomic E-state index is 2.72. The maximum Gasteiger partial charge on any atom is 0.00959 e. The molecule has 0 aromatic heterocycles. The number of hydrogen-bond donors (Lipinski definition) is 0. The quantitative estimate of drug-likeness (QED) is 0.598. The van der Waals surface area contributed by atoms with E-state index < -0.39 is 0 Å². The van der Waals surface area contributed by atoms with Crippen molar-refractivity contribution in [2.45, 2.75) is 78.3 Å². The molecule has 1 saturated heterocycles. The number of rotatable bonds is 6. The number of likely N-dealkylation sites (tertiary alicyclic amines) is 1. The maximum atomic E-state index is 2.72. The van der Waals surface area contributed by atoms with Gasteiger partial charge in [0, 0.05) is 12.1 Å². The molecule has 1 aliphatic heterocycles. The van der Waals surface area contributed by atoms with Crippen LogP contribution >= 0.6 is 0 Å². The Morgan fingerprint density at radius 2 is 1.67 bits per heavy atom. The molecular weight excluding hydrogens is 182 g/mol. The molecule has 15 heavy (non-hydrogen) atoms. The van der Waals surface area contributed by atoms with E-state index in [0.717, 1.165) is 18.0 Å². The van der Waals surface area contributed by atoms with Crippen LogP contribution in [0.1, 0.15) is 66.2 Å². The van der Waals surface area contributed by atoms with Crippen LogP contribution in [0.25, 0.3) is 0 Å². The van der Waals surface area contributed by atoms with Crippen molar-refractivity contribution >= 4 is 0 Å². The zero-order valence-electron chi connectivity index (χ0n) is 11.1. The van der Waals surface area contributed by atoms with Gasteiger partial charge in [0.2, 0.25) is 0 Å². The fourth-order valence-corrected chi connectivity index (χ4v) is 2.92. The Kier molecular flexibility index (Phi) is 5.66. The van der Waals surface area contributed by atoms with E-state index in [2.05, 4.69) is 32.6 Å². The summed E-state index contributed by atoms with van der Waals surface area (Å²) >= 11 is 0. The molecule has 3 atom stereocenters. The third-order valence-corrected chi connectivity index (χ3v) is 4.15. The average molecular weight is 211 g/mol. The lowest BCUT2D eigenvalue weighted by Gasteiger charge is -2.26. The molecule has 90 valence electrons. The molecule has 0 spiro atoms. The van der Waals surface area contributed by atoms with Crippen molar-refractivity contribution in [2.75, 3.05) is 6.54 Å². The van der Waals surface area contributed by atoms with Crippen molar-refractivity contribution in [1.29, 1.82) is 0 Å². The first-order valence-corrected chi connectivity index (χ1v) is 6.92. The van der Waals surface area contributed by atoms with E-state index in [1.165, 1.54) is 45.1 Å². The van der Waals surface area contributed by atoms with E-state index >= 15 is 0 Å². The normalized spacial score (nSPS) is 32.4. The predicted molar refractivity (Wildman–Crippen MR) is 68.2 cm³/mol. The molecule has 1 rings (SSSR count). The number of hydrogen-bond acceptors (Lipinski definition) is 1. The summed E-state index contributed by atoms with van der Waals surface area (Å²) in [5.41, 5.74) is 0. The van der Waals surface area contributed by atoms with Crippen LogP contribution in [-0.4, -0.2) is 23.5 Å². The third-order valence-electron chi connectivity index (χ3n) is 4.15. The Bertz CT molecular complexity index is 167. The minimum absolute atomic E-state index is 0.811. The van der Waals surface area contributed by atoms with Gasteiger partial charge in [0.05, 0.1) is 0 Å². The molecule has 0 aromatic rings. The second-order valence-corrected chi connectivity index (χ2v) is 5.45. The van der Waals surface area contributed by atoms with Gasteiger partial charge in [-0.15, -0.1) is 0 Å². The van der Waals surface area contributed by atoms with Gasteiger partial charge >= 0.3 is 0 Å². The van der Waals surface area contributed by atoms with Crippen LogP contribution < -0.4 is 0 Å². The molecule has 0 amide bonds. The van der Waals surface area contributed by atoms with Crippen molar-refractivity contribution in [1.82, 2.24) is 4.90 Å². The molecular formula is C14H29N. The van der Waals surface area contributed by atoms with Gasteiger partial charge in [-0.2, -0.15) is 0 Å². The van der Waals surface area contributed by atoms with E-state index in [1.807, 2.05) is 0 Å². The minimum atomic E-state index is 0.811. The minimum Gasteiger partial charge on any atom is -0.298 e. The Morgan fingerprint density at radius 3 is 2.20 bits per heavy atom. The highest BCUT2D eigenvalue weighted by molar-refractivity contribution is 4.86. The van der Waals surface area contributed by atoms with Crippen molar-refractivity contribution in [3.63, 3.8) is 0 Å². The molecule has 0 aromatic carbocycles. The van der Waals surface area contributed by atoms with Gasteiger partial charge in [-0.3, -0.25) is 4.90 Å². The van der Waals surface area contributed by atoms with E-state index in [0.29, 0.717) is 0 Å². The van der Waals surface area contributed by atoms with Crippen LogP contribution in [0.15, 0.2) is 0 Å². The van der Waals surface area contributed by atoms with Crippen LogP contribution in [-0.2, 0) is 0 Å². The molecule has 1 fully saturated rings. The largest absolute Gasteiger partial charge is 0.298 e. The number of nitrogens with zero attached hydrogens (tertiary/aromatic N) is 1. The van der Waals surface area contributed by atoms with Gasteiger partial charge in [0.15, 0.2) is 0 Å². The lowest BCUT2D eigenvalue weighted by atomic mass is 10.0. The van der Waals surface area contributed by atoms with Gasteiger partial charge in [0.25, 0.3) is 0 Å².